The Bertz CT molecular complexity index is 987. The van der Waals surface area contributed by atoms with E-state index in [-0.39, 0.29) is 5.91 Å². The van der Waals surface area contributed by atoms with E-state index in [0.717, 1.165) is 22.2 Å². The number of hydrogen-bond acceptors (Lipinski definition) is 3. The number of nitrogens with one attached hydrogen (secondary N) is 2. The van der Waals surface area contributed by atoms with Crippen LogP contribution in [0.5, 0.6) is 0 Å². The molecule has 0 atom stereocenters. The molecule has 0 aliphatic carbocycles. The SMILES string of the molecule is O=C(NCc1cccnc1-c1ccco1)c1ccc2[nH]ccc2c1. The van der Waals surface area contributed by atoms with Gasteiger partial charge in [0.1, 0.15) is 5.69 Å². The highest BCUT2D eigenvalue weighted by molar-refractivity contribution is 5.98. The van der Waals surface area contributed by atoms with Crippen LogP contribution in [0, 0.1) is 0 Å². The summed E-state index contributed by atoms with van der Waals surface area (Å²) in [5.41, 5.74) is 3.29. The number of H-pyrrole nitrogens is 1. The largest absolute Gasteiger partial charge is 0.463 e. The van der Waals surface area contributed by atoms with E-state index in [1.165, 1.54) is 0 Å². The minimum absolute atomic E-state index is 0.118. The van der Waals surface area contributed by atoms with Crippen molar-refractivity contribution in [3.63, 3.8) is 0 Å². The summed E-state index contributed by atoms with van der Waals surface area (Å²) in [6.07, 6.45) is 5.18. The fourth-order valence-corrected chi connectivity index (χ4v) is 2.69. The van der Waals surface area contributed by atoms with E-state index in [9.17, 15) is 4.79 Å². The zero-order chi connectivity index (χ0) is 16.4. The molecule has 4 rings (SSSR count). The molecule has 2 N–H and O–H groups in total. The lowest BCUT2D eigenvalue weighted by Gasteiger charge is -2.08. The molecule has 3 heterocycles. The lowest BCUT2D eigenvalue weighted by Crippen LogP contribution is -2.23. The predicted molar refractivity (Wildman–Crippen MR) is 91.4 cm³/mol. The second-order valence-electron chi connectivity index (χ2n) is 5.45. The summed E-state index contributed by atoms with van der Waals surface area (Å²) in [4.78, 5) is 19.9. The lowest BCUT2D eigenvalue weighted by atomic mass is 10.1. The predicted octanol–water partition coefficient (Wildman–Crippen LogP) is 3.75. The smallest absolute Gasteiger partial charge is 0.251 e. The Labute approximate surface area is 138 Å². The Hall–Kier alpha value is -3.34. The van der Waals surface area contributed by atoms with Crippen LogP contribution < -0.4 is 5.32 Å². The average Bonchev–Trinajstić information content (AvgIpc) is 3.30. The highest BCUT2D eigenvalue weighted by atomic mass is 16.3. The van der Waals surface area contributed by atoms with Crippen molar-refractivity contribution in [2.75, 3.05) is 0 Å². The molecule has 118 valence electrons. The Kier molecular flexibility index (Phi) is 3.59. The third-order valence-corrected chi connectivity index (χ3v) is 3.90. The second kappa shape index (κ2) is 6.04. The van der Waals surface area contributed by atoms with Crippen molar-refractivity contribution in [2.45, 2.75) is 6.54 Å². The lowest BCUT2D eigenvalue weighted by molar-refractivity contribution is 0.0951. The summed E-state index contributed by atoms with van der Waals surface area (Å²) in [6.45, 7) is 0.383. The number of aromatic nitrogens is 2. The number of fused-ring (bicyclic) bond motifs is 1. The third kappa shape index (κ3) is 2.67. The number of hydrogen-bond donors (Lipinski definition) is 2. The molecule has 0 aliphatic heterocycles. The van der Waals surface area contributed by atoms with E-state index in [2.05, 4.69) is 15.3 Å². The standard InChI is InChI=1S/C19H15N3O2/c23-19(14-5-6-16-13(11-14)7-9-20-16)22-12-15-3-1-8-21-18(15)17-4-2-10-24-17/h1-11,20H,12H2,(H,22,23). The van der Waals surface area contributed by atoms with Gasteiger partial charge in [0, 0.05) is 41.0 Å². The van der Waals surface area contributed by atoms with E-state index >= 15 is 0 Å². The van der Waals surface area contributed by atoms with Crippen LogP contribution in [0.25, 0.3) is 22.4 Å². The van der Waals surface area contributed by atoms with Gasteiger partial charge in [-0.15, -0.1) is 0 Å². The van der Waals surface area contributed by atoms with Crippen molar-refractivity contribution < 1.29 is 9.21 Å². The van der Waals surface area contributed by atoms with Crippen LogP contribution in [0.15, 0.2) is 71.6 Å². The molecule has 0 saturated carbocycles. The van der Waals surface area contributed by atoms with Gasteiger partial charge >= 0.3 is 0 Å². The van der Waals surface area contributed by atoms with Gasteiger partial charge in [0.05, 0.1) is 6.26 Å². The number of nitrogens with zero attached hydrogens (tertiary/aromatic N) is 1. The number of carbonyl (C=O) groups is 1. The summed E-state index contributed by atoms with van der Waals surface area (Å²) < 4.78 is 5.41. The fraction of sp³-hybridized carbons (Fsp3) is 0.0526. The number of pyridine rings is 1. The molecule has 0 spiro atoms. The monoisotopic (exact) mass is 317 g/mol. The molecule has 0 aliphatic rings. The molecule has 1 aromatic carbocycles. The molecular formula is C19H15N3O2. The molecule has 0 unspecified atom stereocenters. The van der Waals surface area contributed by atoms with Gasteiger partial charge in [-0.25, -0.2) is 0 Å². The van der Waals surface area contributed by atoms with Gasteiger partial charge in [0.15, 0.2) is 5.76 Å². The first-order valence-electron chi connectivity index (χ1n) is 7.64. The third-order valence-electron chi connectivity index (χ3n) is 3.90. The molecular weight excluding hydrogens is 302 g/mol. The van der Waals surface area contributed by atoms with Crippen molar-refractivity contribution in [1.29, 1.82) is 0 Å². The van der Waals surface area contributed by atoms with Gasteiger partial charge in [0.2, 0.25) is 0 Å². The molecule has 0 fully saturated rings. The summed E-state index contributed by atoms with van der Waals surface area (Å²) in [5, 5.41) is 3.96. The van der Waals surface area contributed by atoms with Crippen LogP contribution >= 0.6 is 0 Å². The molecule has 3 aromatic heterocycles. The van der Waals surface area contributed by atoms with Gasteiger partial charge in [-0.3, -0.25) is 9.78 Å². The first-order chi connectivity index (χ1) is 11.8. The van der Waals surface area contributed by atoms with Crippen molar-refractivity contribution in [3.05, 3.63) is 78.3 Å². The zero-order valence-electron chi connectivity index (χ0n) is 12.8. The van der Waals surface area contributed by atoms with E-state index in [1.54, 1.807) is 12.5 Å². The summed E-state index contributed by atoms with van der Waals surface area (Å²) in [6, 6.07) is 15.0. The maximum atomic E-state index is 12.4. The molecule has 24 heavy (non-hydrogen) atoms. The second-order valence-corrected chi connectivity index (χ2v) is 5.45. The molecule has 0 bridgehead atoms. The first kappa shape index (κ1) is 14.3. The number of amides is 1. The van der Waals surface area contributed by atoms with Gasteiger partial charge in [-0.1, -0.05) is 6.07 Å². The number of benzene rings is 1. The van der Waals surface area contributed by atoms with E-state index in [4.69, 9.17) is 4.42 Å². The maximum absolute atomic E-state index is 12.4. The Morgan fingerprint density at radius 2 is 2.12 bits per heavy atom. The van der Waals surface area contributed by atoms with Crippen LogP contribution in [0.4, 0.5) is 0 Å². The quantitative estimate of drug-likeness (QED) is 0.602. The van der Waals surface area contributed by atoms with E-state index in [1.807, 2.05) is 54.7 Å². The van der Waals surface area contributed by atoms with Crippen molar-refractivity contribution in [3.8, 4) is 11.5 Å². The molecule has 5 heteroatoms. The van der Waals surface area contributed by atoms with Gasteiger partial charge in [-0.2, -0.15) is 0 Å². The van der Waals surface area contributed by atoms with Crippen LogP contribution in [0.1, 0.15) is 15.9 Å². The molecule has 5 nitrogen and oxygen atoms in total. The summed E-state index contributed by atoms with van der Waals surface area (Å²) >= 11 is 0. The van der Waals surface area contributed by atoms with Crippen LogP contribution in [-0.2, 0) is 6.54 Å². The van der Waals surface area contributed by atoms with E-state index in [0.29, 0.717) is 17.9 Å². The van der Waals surface area contributed by atoms with Crippen molar-refractivity contribution >= 4 is 16.8 Å². The molecule has 4 aromatic rings. The zero-order valence-corrected chi connectivity index (χ0v) is 12.8. The molecule has 0 radical (unpaired) electrons. The van der Waals surface area contributed by atoms with Crippen molar-refractivity contribution in [2.24, 2.45) is 0 Å². The number of rotatable bonds is 4. The van der Waals surface area contributed by atoms with Crippen LogP contribution in [0.3, 0.4) is 0 Å². The number of aromatic amines is 1. The van der Waals surface area contributed by atoms with E-state index < -0.39 is 0 Å². The van der Waals surface area contributed by atoms with Gasteiger partial charge < -0.3 is 14.7 Å². The maximum Gasteiger partial charge on any atom is 0.251 e. The van der Waals surface area contributed by atoms with Crippen molar-refractivity contribution in [1.82, 2.24) is 15.3 Å². The Balaban J connectivity index is 1.53. The number of carbonyl (C=O) groups excluding carboxylic acids is 1. The topological polar surface area (TPSA) is 70.9 Å². The van der Waals surface area contributed by atoms with Gasteiger partial charge in [-0.05, 0) is 42.5 Å². The fourth-order valence-electron chi connectivity index (χ4n) is 2.69. The normalized spacial score (nSPS) is 10.8. The Morgan fingerprint density at radius 1 is 1.17 bits per heavy atom. The molecule has 1 amide bonds. The Morgan fingerprint density at radius 3 is 3.00 bits per heavy atom. The first-order valence-corrected chi connectivity index (χ1v) is 7.64. The minimum atomic E-state index is -0.118. The number of furan rings is 1. The highest BCUT2D eigenvalue weighted by Gasteiger charge is 2.11. The van der Waals surface area contributed by atoms with Gasteiger partial charge in [0.25, 0.3) is 5.91 Å². The minimum Gasteiger partial charge on any atom is -0.463 e. The highest BCUT2D eigenvalue weighted by Crippen LogP contribution is 2.21. The molecule has 0 saturated heterocycles. The summed E-state index contributed by atoms with van der Waals surface area (Å²) in [7, 11) is 0. The average molecular weight is 317 g/mol. The summed E-state index contributed by atoms with van der Waals surface area (Å²) in [5.74, 6) is 0.570. The van der Waals surface area contributed by atoms with Crippen LogP contribution in [0.2, 0.25) is 0 Å². The van der Waals surface area contributed by atoms with Crippen LogP contribution in [-0.4, -0.2) is 15.9 Å².